The topological polar surface area (TPSA) is 43.8 Å². The van der Waals surface area contributed by atoms with Crippen LogP contribution in [0.25, 0.3) is 0 Å². The number of hydrazone groups is 1. The molecule has 22 heavy (non-hydrogen) atoms. The molecule has 0 spiro atoms. The summed E-state index contributed by atoms with van der Waals surface area (Å²) in [6.45, 7) is 0. The molecule has 1 N–H and O–H groups in total. The van der Waals surface area contributed by atoms with E-state index >= 15 is 0 Å². The molecule has 2 heterocycles. The van der Waals surface area contributed by atoms with Crippen molar-refractivity contribution in [1.82, 2.24) is 10.5 Å². The molecule has 0 radical (unpaired) electrons. The lowest BCUT2D eigenvalue weighted by Crippen LogP contribution is -2.46. The number of hydrazine groups is 2. The van der Waals surface area contributed by atoms with Gasteiger partial charge in [0.25, 0.3) is 0 Å². The van der Waals surface area contributed by atoms with Gasteiger partial charge >= 0.3 is 0 Å². The molecule has 1 aliphatic heterocycles. The van der Waals surface area contributed by atoms with E-state index in [0.29, 0.717) is 0 Å². The number of aromatic nitrogens is 1. The molecule has 0 unspecified atom stereocenters. The molecule has 6 heteroatoms. The summed E-state index contributed by atoms with van der Waals surface area (Å²) in [5.74, 6) is 0.819. The van der Waals surface area contributed by atoms with Crippen molar-refractivity contribution in [3.05, 3.63) is 77.8 Å². The first-order valence-electron chi connectivity index (χ1n) is 6.87. The van der Waals surface area contributed by atoms with E-state index in [-0.39, 0.29) is 0 Å². The summed E-state index contributed by atoms with van der Waals surface area (Å²) in [7, 11) is 0. The van der Waals surface area contributed by atoms with Crippen LogP contribution in [0, 0.1) is 0 Å². The van der Waals surface area contributed by atoms with Gasteiger partial charge in [-0.05, 0) is 12.1 Å². The Morgan fingerprint density at radius 1 is 0.909 bits per heavy atom. The molecule has 0 amide bonds. The van der Waals surface area contributed by atoms with Gasteiger partial charge in [-0.1, -0.05) is 48.5 Å². The summed E-state index contributed by atoms with van der Waals surface area (Å²) in [5, 5.41) is 11.2. The first-order valence-corrected chi connectivity index (χ1v) is 7.75. The van der Waals surface area contributed by atoms with Crippen molar-refractivity contribution in [1.29, 1.82) is 0 Å². The van der Waals surface area contributed by atoms with E-state index in [2.05, 4.69) is 15.6 Å². The van der Waals surface area contributed by atoms with Crippen LogP contribution in [-0.4, -0.2) is 10.8 Å². The highest BCUT2D eigenvalue weighted by atomic mass is 32.1. The number of nitrogens with one attached hydrogen (secondary N) is 1. The Morgan fingerprint density at radius 3 is 2.32 bits per heavy atom. The van der Waals surface area contributed by atoms with E-state index in [4.69, 9.17) is 0 Å². The number of anilines is 2. The minimum atomic E-state index is 0.819. The number of hydrogen-bond acceptors (Lipinski definition) is 6. The second-order valence-corrected chi connectivity index (χ2v) is 5.55. The van der Waals surface area contributed by atoms with Gasteiger partial charge in [0, 0.05) is 17.1 Å². The molecule has 1 aliphatic rings. The van der Waals surface area contributed by atoms with E-state index in [1.807, 2.05) is 76.2 Å². The third kappa shape index (κ3) is 2.19. The van der Waals surface area contributed by atoms with Gasteiger partial charge in [0.05, 0.1) is 5.69 Å². The number of amidine groups is 1. The van der Waals surface area contributed by atoms with Gasteiger partial charge in [-0.2, -0.15) is 15.7 Å². The average molecular weight is 307 g/mol. The van der Waals surface area contributed by atoms with Crippen molar-refractivity contribution in [2.24, 2.45) is 5.10 Å². The molecule has 4 rings (SSSR count). The fraction of sp³-hybridized carbons (Fsp3) is 0. The molecular formula is C16H13N5S. The standard InChI is InChI=1S/C16H13N5S/c1-3-7-13(8-4-1)15-18-19-21(14-9-5-2-6-10-14)20(15)16-17-11-12-22-16/h1-12,19H. The van der Waals surface area contributed by atoms with Crippen LogP contribution in [0.3, 0.4) is 0 Å². The van der Waals surface area contributed by atoms with Gasteiger partial charge in [-0.3, -0.25) is 0 Å². The quantitative estimate of drug-likeness (QED) is 0.806. The number of rotatable bonds is 3. The maximum Gasteiger partial charge on any atom is 0.212 e. The maximum absolute atomic E-state index is 4.49. The number of benzene rings is 2. The Hall–Kier alpha value is -2.86. The second-order valence-electron chi connectivity index (χ2n) is 4.68. The van der Waals surface area contributed by atoms with Crippen LogP contribution >= 0.6 is 11.3 Å². The fourth-order valence-electron chi connectivity index (χ4n) is 2.29. The Morgan fingerprint density at radius 2 is 1.64 bits per heavy atom. The van der Waals surface area contributed by atoms with Crippen LogP contribution in [0.1, 0.15) is 5.56 Å². The third-order valence-electron chi connectivity index (χ3n) is 3.28. The summed E-state index contributed by atoms with van der Waals surface area (Å²) in [6.07, 6.45) is 1.80. The monoisotopic (exact) mass is 307 g/mol. The normalized spacial score (nSPS) is 13.9. The zero-order chi connectivity index (χ0) is 14.8. The van der Waals surface area contributed by atoms with Crippen LogP contribution < -0.4 is 15.7 Å². The van der Waals surface area contributed by atoms with E-state index in [1.54, 1.807) is 17.5 Å². The summed E-state index contributed by atoms with van der Waals surface area (Å²) < 4.78 is 0. The van der Waals surface area contributed by atoms with Crippen molar-refractivity contribution in [2.45, 2.75) is 0 Å². The lowest BCUT2D eigenvalue weighted by molar-refractivity contribution is 0.722. The van der Waals surface area contributed by atoms with Gasteiger partial charge < -0.3 is 0 Å². The largest absolute Gasteiger partial charge is 0.227 e. The van der Waals surface area contributed by atoms with Crippen molar-refractivity contribution in [3.8, 4) is 0 Å². The molecule has 0 saturated heterocycles. The van der Waals surface area contributed by atoms with E-state index in [0.717, 1.165) is 22.2 Å². The van der Waals surface area contributed by atoms with Crippen molar-refractivity contribution < 1.29 is 0 Å². The Kier molecular flexibility index (Phi) is 3.21. The van der Waals surface area contributed by atoms with Crippen LogP contribution in [-0.2, 0) is 0 Å². The Balaban J connectivity index is 1.77. The highest BCUT2D eigenvalue weighted by Crippen LogP contribution is 2.28. The SMILES string of the molecule is c1ccc(C2=NNN(c3ccccc3)N2c2nccs2)cc1. The number of hydrogen-bond donors (Lipinski definition) is 1. The van der Waals surface area contributed by atoms with Crippen LogP contribution in [0.5, 0.6) is 0 Å². The molecule has 0 atom stereocenters. The number of nitrogens with zero attached hydrogens (tertiary/aromatic N) is 4. The van der Waals surface area contributed by atoms with Crippen molar-refractivity contribution >= 4 is 28.0 Å². The van der Waals surface area contributed by atoms with Crippen molar-refractivity contribution in [3.63, 3.8) is 0 Å². The summed E-state index contributed by atoms with van der Waals surface area (Å²) in [6, 6.07) is 20.1. The Labute approximate surface area is 132 Å². The summed E-state index contributed by atoms with van der Waals surface area (Å²) in [5.41, 5.74) is 5.10. The van der Waals surface area contributed by atoms with Crippen LogP contribution in [0.2, 0.25) is 0 Å². The molecule has 1 aromatic heterocycles. The third-order valence-corrected chi connectivity index (χ3v) is 4.03. The number of thiazole rings is 1. The number of para-hydroxylation sites is 1. The fourth-order valence-corrected chi connectivity index (χ4v) is 2.93. The predicted octanol–water partition coefficient (Wildman–Crippen LogP) is 3.25. The molecule has 5 nitrogen and oxygen atoms in total. The maximum atomic E-state index is 4.49. The summed E-state index contributed by atoms with van der Waals surface area (Å²) in [4.78, 5) is 4.43. The van der Waals surface area contributed by atoms with Crippen LogP contribution in [0.15, 0.2) is 77.3 Å². The molecule has 0 saturated carbocycles. The molecule has 108 valence electrons. The first kappa shape index (κ1) is 12.8. The Bertz CT molecular complexity index is 771. The lowest BCUT2D eigenvalue weighted by atomic mass is 10.2. The molecular weight excluding hydrogens is 294 g/mol. The highest BCUT2D eigenvalue weighted by molar-refractivity contribution is 7.13. The second kappa shape index (κ2) is 5.50. The smallest absolute Gasteiger partial charge is 0.212 e. The molecule has 0 bridgehead atoms. The first-order chi connectivity index (χ1) is 10.9. The summed E-state index contributed by atoms with van der Waals surface area (Å²) >= 11 is 1.57. The van der Waals surface area contributed by atoms with E-state index in [9.17, 15) is 0 Å². The minimum absolute atomic E-state index is 0.819. The highest BCUT2D eigenvalue weighted by Gasteiger charge is 2.30. The molecule has 3 aromatic rings. The van der Waals surface area contributed by atoms with Gasteiger partial charge in [-0.15, -0.1) is 16.4 Å². The van der Waals surface area contributed by atoms with Crippen LogP contribution in [0.4, 0.5) is 10.8 Å². The minimum Gasteiger partial charge on any atom is -0.227 e. The van der Waals surface area contributed by atoms with Gasteiger partial charge in [-0.25, -0.2) is 4.98 Å². The van der Waals surface area contributed by atoms with Crippen molar-refractivity contribution in [2.75, 3.05) is 10.1 Å². The zero-order valence-electron chi connectivity index (χ0n) is 11.6. The average Bonchev–Trinajstić information content (AvgIpc) is 3.25. The molecule has 0 fully saturated rings. The van der Waals surface area contributed by atoms with E-state index in [1.165, 1.54) is 0 Å². The van der Waals surface area contributed by atoms with Gasteiger partial charge in [0.15, 0.2) is 5.84 Å². The zero-order valence-corrected chi connectivity index (χ0v) is 12.4. The molecule has 0 aliphatic carbocycles. The van der Waals surface area contributed by atoms with Gasteiger partial charge in [0.1, 0.15) is 0 Å². The lowest BCUT2D eigenvalue weighted by Gasteiger charge is -2.28. The predicted molar refractivity (Wildman–Crippen MR) is 89.6 cm³/mol. The molecule has 2 aromatic carbocycles. The van der Waals surface area contributed by atoms with E-state index < -0.39 is 0 Å². The van der Waals surface area contributed by atoms with Gasteiger partial charge in [0.2, 0.25) is 5.13 Å².